The van der Waals surface area contributed by atoms with Crippen LogP contribution in [0.15, 0.2) is 54.7 Å². The van der Waals surface area contributed by atoms with Gasteiger partial charge in [-0.25, -0.2) is 4.98 Å². The first-order valence-electron chi connectivity index (χ1n) is 8.34. The molecule has 5 nitrogen and oxygen atoms in total. The zero-order chi connectivity index (χ0) is 19.2. The summed E-state index contributed by atoms with van der Waals surface area (Å²) in [5, 5.41) is 6.10. The van der Waals surface area contributed by atoms with Crippen LogP contribution in [0.4, 0.5) is 5.13 Å². The van der Waals surface area contributed by atoms with E-state index in [0.717, 1.165) is 11.3 Å². The van der Waals surface area contributed by atoms with Crippen molar-refractivity contribution in [3.05, 3.63) is 81.3 Å². The van der Waals surface area contributed by atoms with Gasteiger partial charge in [-0.3, -0.25) is 9.59 Å². The second-order valence-electron chi connectivity index (χ2n) is 6.00. The standard InChI is InChI=1S/C20H18ClN3O2S/c1-13-6-8-14(9-7-13)10-15-11-23-20(27-15)24-18(25)12-22-19(26)16-4-2-3-5-17(16)21/h2-9,11H,10,12H2,1H3,(H,22,26)(H,23,24,25). The Morgan fingerprint density at radius 2 is 1.85 bits per heavy atom. The van der Waals surface area contributed by atoms with Crippen molar-refractivity contribution in [1.82, 2.24) is 10.3 Å². The molecule has 2 N–H and O–H groups in total. The van der Waals surface area contributed by atoms with E-state index in [2.05, 4.69) is 46.8 Å². The number of carbonyl (C=O) groups excluding carboxylic acids is 2. The number of carbonyl (C=O) groups is 2. The highest BCUT2D eigenvalue weighted by atomic mass is 35.5. The zero-order valence-electron chi connectivity index (χ0n) is 14.7. The molecule has 2 amide bonds. The van der Waals surface area contributed by atoms with Crippen LogP contribution in [-0.4, -0.2) is 23.3 Å². The van der Waals surface area contributed by atoms with Crippen LogP contribution in [-0.2, 0) is 11.2 Å². The summed E-state index contributed by atoms with van der Waals surface area (Å²) in [7, 11) is 0. The minimum Gasteiger partial charge on any atom is -0.343 e. The van der Waals surface area contributed by atoms with Crippen LogP contribution in [0.3, 0.4) is 0 Å². The van der Waals surface area contributed by atoms with E-state index in [1.54, 1.807) is 30.5 Å². The van der Waals surface area contributed by atoms with Crippen LogP contribution in [0.1, 0.15) is 26.4 Å². The molecule has 3 aromatic rings. The van der Waals surface area contributed by atoms with Crippen LogP contribution in [0, 0.1) is 6.92 Å². The normalized spacial score (nSPS) is 10.4. The van der Waals surface area contributed by atoms with E-state index in [4.69, 9.17) is 11.6 Å². The Balaban J connectivity index is 1.51. The van der Waals surface area contributed by atoms with Crippen LogP contribution >= 0.6 is 22.9 Å². The van der Waals surface area contributed by atoms with E-state index in [1.165, 1.54) is 22.5 Å². The number of anilines is 1. The molecule has 0 aliphatic heterocycles. The van der Waals surface area contributed by atoms with Gasteiger partial charge in [0, 0.05) is 17.5 Å². The van der Waals surface area contributed by atoms with E-state index < -0.39 is 5.91 Å². The molecule has 0 saturated carbocycles. The smallest absolute Gasteiger partial charge is 0.253 e. The molecule has 0 radical (unpaired) electrons. The van der Waals surface area contributed by atoms with Crippen molar-refractivity contribution in [2.24, 2.45) is 0 Å². The lowest BCUT2D eigenvalue weighted by molar-refractivity contribution is -0.115. The molecule has 3 rings (SSSR count). The number of nitrogens with one attached hydrogen (secondary N) is 2. The summed E-state index contributed by atoms with van der Waals surface area (Å²) in [6.07, 6.45) is 2.51. The SMILES string of the molecule is Cc1ccc(Cc2cnc(NC(=O)CNC(=O)c3ccccc3Cl)s2)cc1. The lowest BCUT2D eigenvalue weighted by atomic mass is 10.1. The van der Waals surface area contributed by atoms with Crippen molar-refractivity contribution in [2.45, 2.75) is 13.3 Å². The lowest BCUT2D eigenvalue weighted by Crippen LogP contribution is -2.32. The number of amides is 2. The molecule has 138 valence electrons. The molecular formula is C20H18ClN3O2S. The second kappa shape index (κ2) is 8.79. The van der Waals surface area contributed by atoms with Crippen molar-refractivity contribution in [3.8, 4) is 0 Å². The van der Waals surface area contributed by atoms with Crippen molar-refractivity contribution in [3.63, 3.8) is 0 Å². The summed E-state index contributed by atoms with van der Waals surface area (Å²) in [5.41, 5.74) is 2.74. The van der Waals surface area contributed by atoms with Gasteiger partial charge in [0.25, 0.3) is 5.91 Å². The number of hydrogen-bond acceptors (Lipinski definition) is 4. The van der Waals surface area contributed by atoms with Crippen LogP contribution in [0.5, 0.6) is 0 Å². The third kappa shape index (κ3) is 5.39. The molecule has 0 atom stereocenters. The Morgan fingerprint density at radius 1 is 1.11 bits per heavy atom. The van der Waals surface area contributed by atoms with E-state index in [-0.39, 0.29) is 12.5 Å². The van der Waals surface area contributed by atoms with Crippen molar-refractivity contribution in [1.29, 1.82) is 0 Å². The highest BCUT2D eigenvalue weighted by Crippen LogP contribution is 2.21. The molecule has 0 fully saturated rings. The third-order valence-electron chi connectivity index (χ3n) is 3.83. The fourth-order valence-electron chi connectivity index (χ4n) is 2.42. The number of nitrogens with zero attached hydrogens (tertiary/aromatic N) is 1. The molecule has 0 saturated heterocycles. The molecular weight excluding hydrogens is 382 g/mol. The summed E-state index contributed by atoms with van der Waals surface area (Å²) in [5.74, 6) is -0.735. The monoisotopic (exact) mass is 399 g/mol. The minimum absolute atomic E-state index is 0.156. The van der Waals surface area contributed by atoms with Crippen LogP contribution in [0.2, 0.25) is 5.02 Å². The summed E-state index contributed by atoms with van der Waals surface area (Å²) < 4.78 is 0. The number of thiazole rings is 1. The highest BCUT2D eigenvalue weighted by molar-refractivity contribution is 7.15. The van der Waals surface area contributed by atoms with Gasteiger partial charge in [0.1, 0.15) is 0 Å². The lowest BCUT2D eigenvalue weighted by Gasteiger charge is -2.06. The van der Waals surface area contributed by atoms with Gasteiger partial charge in [-0.2, -0.15) is 0 Å². The Bertz CT molecular complexity index is 954. The topological polar surface area (TPSA) is 71.1 Å². The maximum absolute atomic E-state index is 12.1. The van der Waals surface area contributed by atoms with Crippen molar-refractivity contribution < 1.29 is 9.59 Å². The van der Waals surface area contributed by atoms with E-state index >= 15 is 0 Å². The van der Waals surface area contributed by atoms with Gasteiger partial charge >= 0.3 is 0 Å². The Labute approximate surface area is 166 Å². The largest absolute Gasteiger partial charge is 0.343 e. The quantitative estimate of drug-likeness (QED) is 0.656. The van der Waals surface area contributed by atoms with Gasteiger partial charge in [0.05, 0.1) is 17.1 Å². The summed E-state index contributed by atoms with van der Waals surface area (Å²) in [4.78, 5) is 29.4. The number of aryl methyl sites for hydroxylation is 1. The first-order valence-corrected chi connectivity index (χ1v) is 9.53. The fraction of sp³-hybridized carbons (Fsp3) is 0.150. The number of rotatable bonds is 6. The molecule has 0 bridgehead atoms. The minimum atomic E-state index is -0.394. The van der Waals surface area contributed by atoms with Gasteiger partial charge in [0.2, 0.25) is 5.91 Å². The molecule has 1 aromatic heterocycles. The number of benzene rings is 2. The predicted octanol–water partition coefficient (Wildman–Crippen LogP) is 4.06. The van der Waals surface area contributed by atoms with Crippen LogP contribution < -0.4 is 10.6 Å². The number of halogens is 1. The summed E-state index contributed by atoms with van der Waals surface area (Å²) in [6.45, 7) is 1.89. The first-order chi connectivity index (χ1) is 13.0. The molecule has 0 spiro atoms. The average molecular weight is 400 g/mol. The Hall–Kier alpha value is -2.70. The Kier molecular flexibility index (Phi) is 6.21. The van der Waals surface area contributed by atoms with Gasteiger partial charge in [0.15, 0.2) is 5.13 Å². The Morgan fingerprint density at radius 3 is 2.59 bits per heavy atom. The van der Waals surface area contributed by atoms with E-state index in [0.29, 0.717) is 15.7 Å². The van der Waals surface area contributed by atoms with E-state index in [9.17, 15) is 9.59 Å². The maximum Gasteiger partial charge on any atom is 0.253 e. The van der Waals surface area contributed by atoms with Crippen molar-refractivity contribution in [2.75, 3.05) is 11.9 Å². The third-order valence-corrected chi connectivity index (χ3v) is 5.07. The number of hydrogen-bond donors (Lipinski definition) is 2. The van der Waals surface area contributed by atoms with Gasteiger partial charge < -0.3 is 10.6 Å². The molecule has 0 aliphatic carbocycles. The van der Waals surface area contributed by atoms with Gasteiger partial charge in [-0.1, -0.05) is 53.6 Å². The first kappa shape index (κ1) is 19.1. The predicted molar refractivity (Wildman–Crippen MR) is 109 cm³/mol. The summed E-state index contributed by atoms with van der Waals surface area (Å²) >= 11 is 7.39. The molecule has 1 heterocycles. The van der Waals surface area contributed by atoms with Crippen LogP contribution in [0.25, 0.3) is 0 Å². The van der Waals surface area contributed by atoms with E-state index in [1.807, 2.05) is 0 Å². The average Bonchev–Trinajstić information content (AvgIpc) is 3.09. The fourth-order valence-corrected chi connectivity index (χ4v) is 3.50. The highest BCUT2D eigenvalue weighted by Gasteiger charge is 2.12. The molecule has 0 unspecified atom stereocenters. The molecule has 27 heavy (non-hydrogen) atoms. The molecule has 7 heteroatoms. The number of aromatic nitrogens is 1. The van der Waals surface area contributed by atoms with Gasteiger partial charge in [-0.15, -0.1) is 11.3 Å². The molecule has 2 aromatic carbocycles. The second-order valence-corrected chi connectivity index (χ2v) is 7.53. The summed E-state index contributed by atoms with van der Waals surface area (Å²) in [6, 6.07) is 15.0. The molecule has 0 aliphatic rings. The zero-order valence-corrected chi connectivity index (χ0v) is 16.2. The maximum atomic E-state index is 12.1. The van der Waals surface area contributed by atoms with Gasteiger partial charge in [-0.05, 0) is 24.6 Å². The van der Waals surface area contributed by atoms with Crippen molar-refractivity contribution >= 4 is 39.9 Å².